The van der Waals surface area contributed by atoms with Crippen molar-refractivity contribution in [1.82, 2.24) is 0 Å². The highest BCUT2D eigenvalue weighted by molar-refractivity contribution is 6.21. The lowest BCUT2D eigenvalue weighted by Gasteiger charge is -2.26. The lowest BCUT2D eigenvalue weighted by atomic mass is 9.87. The molecule has 0 saturated heterocycles. The first kappa shape index (κ1) is 21.5. The summed E-state index contributed by atoms with van der Waals surface area (Å²) in [7, 11) is 4.64. The Morgan fingerprint density at radius 3 is 2.12 bits per heavy atom. The van der Waals surface area contributed by atoms with Crippen molar-refractivity contribution in [1.29, 1.82) is 0 Å². The van der Waals surface area contributed by atoms with Crippen LogP contribution in [0.2, 0.25) is 0 Å². The molecule has 1 aliphatic rings. The maximum absolute atomic E-state index is 13.2. The van der Waals surface area contributed by atoms with Crippen LogP contribution in [0.3, 0.4) is 0 Å². The van der Waals surface area contributed by atoms with Crippen molar-refractivity contribution in [2.75, 3.05) is 21.3 Å². The van der Waals surface area contributed by atoms with E-state index in [2.05, 4.69) is 0 Å². The summed E-state index contributed by atoms with van der Waals surface area (Å²) in [4.78, 5) is 13.2. The molecule has 1 atom stereocenters. The predicted octanol–water partition coefficient (Wildman–Crippen LogP) is 4.11. The van der Waals surface area contributed by atoms with Crippen LogP contribution in [0.15, 0.2) is 78.4 Å². The van der Waals surface area contributed by atoms with Gasteiger partial charge in [-0.3, -0.25) is 0 Å². The molecule has 164 valence electrons. The molecule has 0 aliphatic carbocycles. The van der Waals surface area contributed by atoms with E-state index in [1.807, 2.05) is 30.3 Å². The van der Waals surface area contributed by atoms with Gasteiger partial charge in [-0.1, -0.05) is 30.3 Å². The molecular formula is C26H24O6. The Kier molecular flexibility index (Phi) is 5.88. The molecular weight excluding hydrogens is 408 g/mol. The molecule has 0 amide bonds. The third kappa shape index (κ3) is 3.81. The maximum atomic E-state index is 13.2. The van der Waals surface area contributed by atoms with Gasteiger partial charge in [-0.25, -0.2) is 4.79 Å². The van der Waals surface area contributed by atoms with Gasteiger partial charge in [0, 0.05) is 23.1 Å². The zero-order chi connectivity index (χ0) is 22.7. The minimum Gasteiger partial charge on any atom is -0.497 e. The largest absolute Gasteiger partial charge is 0.497 e. The highest BCUT2D eigenvalue weighted by atomic mass is 16.7. The predicted molar refractivity (Wildman–Crippen MR) is 120 cm³/mol. The van der Waals surface area contributed by atoms with Crippen LogP contribution in [-0.4, -0.2) is 32.4 Å². The molecule has 0 spiro atoms. The number of esters is 1. The number of methoxy groups -OCH3 is 3. The van der Waals surface area contributed by atoms with Crippen LogP contribution in [0.25, 0.3) is 5.57 Å². The minimum atomic E-state index is -1.94. The second-order valence-electron chi connectivity index (χ2n) is 7.34. The van der Waals surface area contributed by atoms with Gasteiger partial charge in [0.2, 0.25) is 0 Å². The number of ether oxygens (including phenoxy) is 4. The minimum absolute atomic E-state index is 0.253. The fourth-order valence-corrected chi connectivity index (χ4v) is 3.88. The Morgan fingerprint density at radius 2 is 1.50 bits per heavy atom. The molecule has 4 rings (SSSR count). The first-order chi connectivity index (χ1) is 15.5. The lowest BCUT2D eigenvalue weighted by Crippen LogP contribution is -2.29. The van der Waals surface area contributed by atoms with E-state index in [1.54, 1.807) is 56.7 Å². The van der Waals surface area contributed by atoms with Crippen molar-refractivity contribution in [2.45, 2.75) is 12.2 Å². The molecule has 0 bridgehead atoms. The summed E-state index contributed by atoms with van der Waals surface area (Å²) in [6.45, 7) is 0. The van der Waals surface area contributed by atoms with Crippen LogP contribution in [0, 0.1) is 0 Å². The van der Waals surface area contributed by atoms with Crippen LogP contribution < -0.4 is 14.2 Å². The summed E-state index contributed by atoms with van der Waals surface area (Å²) in [5.74, 6) is -0.920. The summed E-state index contributed by atoms with van der Waals surface area (Å²) in [5, 5.41) is 11.7. The molecule has 0 radical (unpaired) electrons. The fraction of sp³-hybridized carbons (Fsp3) is 0.192. The molecule has 1 unspecified atom stereocenters. The van der Waals surface area contributed by atoms with Gasteiger partial charge in [0.15, 0.2) is 0 Å². The topological polar surface area (TPSA) is 74.2 Å². The van der Waals surface area contributed by atoms with E-state index in [4.69, 9.17) is 18.9 Å². The fourth-order valence-electron chi connectivity index (χ4n) is 3.88. The highest BCUT2D eigenvalue weighted by Crippen LogP contribution is 2.47. The van der Waals surface area contributed by atoms with Gasteiger partial charge < -0.3 is 24.1 Å². The van der Waals surface area contributed by atoms with E-state index >= 15 is 0 Å². The lowest BCUT2D eigenvalue weighted by molar-refractivity contribution is -0.185. The van der Waals surface area contributed by atoms with Gasteiger partial charge >= 0.3 is 5.97 Å². The third-order valence-corrected chi connectivity index (χ3v) is 5.54. The molecule has 3 aromatic rings. The average molecular weight is 432 g/mol. The summed E-state index contributed by atoms with van der Waals surface area (Å²) < 4.78 is 21.7. The number of rotatable bonds is 7. The van der Waals surface area contributed by atoms with Gasteiger partial charge in [0.25, 0.3) is 5.79 Å². The van der Waals surface area contributed by atoms with Gasteiger partial charge in [0.05, 0.1) is 26.9 Å². The molecule has 1 N–H and O–H groups in total. The second-order valence-corrected chi connectivity index (χ2v) is 7.34. The molecule has 32 heavy (non-hydrogen) atoms. The summed E-state index contributed by atoms with van der Waals surface area (Å²) in [5.41, 5.74) is 2.52. The SMILES string of the molecule is COc1ccc(C2(O)OC(=O)C(c3cc(OC)ccc3OC)=C2Cc2ccccc2)cc1. The molecule has 3 aromatic carbocycles. The molecule has 0 fully saturated rings. The van der Waals surface area contributed by atoms with Crippen LogP contribution >= 0.6 is 0 Å². The second kappa shape index (κ2) is 8.77. The van der Waals surface area contributed by atoms with Crippen molar-refractivity contribution < 1.29 is 28.8 Å². The van der Waals surface area contributed by atoms with Crippen molar-refractivity contribution in [3.63, 3.8) is 0 Å². The van der Waals surface area contributed by atoms with Gasteiger partial charge in [-0.2, -0.15) is 0 Å². The Labute approximate surface area is 186 Å². The first-order valence-electron chi connectivity index (χ1n) is 10.1. The quantitative estimate of drug-likeness (QED) is 0.567. The van der Waals surface area contributed by atoms with Gasteiger partial charge in [0.1, 0.15) is 17.2 Å². The van der Waals surface area contributed by atoms with E-state index in [0.717, 1.165) is 5.56 Å². The smallest absolute Gasteiger partial charge is 0.342 e. The summed E-state index contributed by atoms with van der Waals surface area (Å²) >= 11 is 0. The zero-order valence-corrected chi connectivity index (χ0v) is 18.1. The number of aliphatic hydroxyl groups is 1. The molecule has 1 aliphatic heterocycles. The molecule has 6 nitrogen and oxygen atoms in total. The summed E-state index contributed by atoms with van der Waals surface area (Å²) in [6.07, 6.45) is 0.296. The molecule has 6 heteroatoms. The van der Waals surface area contributed by atoms with E-state index in [-0.39, 0.29) is 5.57 Å². The summed E-state index contributed by atoms with van der Waals surface area (Å²) in [6, 6.07) is 21.6. The molecule has 0 saturated carbocycles. The van der Waals surface area contributed by atoms with Crippen LogP contribution in [0.1, 0.15) is 16.7 Å². The maximum Gasteiger partial charge on any atom is 0.342 e. The number of benzene rings is 3. The number of cyclic esters (lactones) is 1. The number of hydrogen-bond donors (Lipinski definition) is 1. The van der Waals surface area contributed by atoms with Crippen molar-refractivity contribution in [3.8, 4) is 17.2 Å². The Balaban J connectivity index is 1.94. The zero-order valence-electron chi connectivity index (χ0n) is 18.1. The Morgan fingerprint density at radius 1 is 0.844 bits per heavy atom. The van der Waals surface area contributed by atoms with E-state index < -0.39 is 11.8 Å². The normalized spacial score (nSPS) is 17.8. The first-order valence-corrected chi connectivity index (χ1v) is 10.1. The van der Waals surface area contributed by atoms with E-state index in [0.29, 0.717) is 40.4 Å². The monoisotopic (exact) mass is 432 g/mol. The highest BCUT2D eigenvalue weighted by Gasteiger charge is 2.48. The Bertz CT molecular complexity index is 1150. The van der Waals surface area contributed by atoms with E-state index in [9.17, 15) is 9.90 Å². The van der Waals surface area contributed by atoms with Gasteiger partial charge in [-0.05, 0) is 48.0 Å². The molecule has 1 heterocycles. The van der Waals surface area contributed by atoms with E-state index in [1.165, 1.54) is 7.11 Å². The number of hydrogen-bond acceptors (Lipinski definition) is 6. The van der Waals surface area contributed by atoms with Crippen LogP contribution in [0.4, 0.5) is 0 Å². The standard InChI is InChI=1S/C26H24O6/c1-29-19-11-9-18(10-12-19)26(28)22(15-17-7-5-4-6-8-17)24(25(27)32-26)21-16-20(30-2)13-14-23(21)31-3/h4-14,16,28H,15H2,1-3H3. The number of carbonyl (C=O) groups excluding carboxylic acids is 1. The van der Waals surface area contributed by atoms with Crippen molar-refractivity contribution in [3.05, 3.63) is 95.1 Å². The molecule has 0 aromatic heterocycles. The van der Waals surface area contributed by atoms with Crippen LogP contribution in [-0.2, 0) is 21.7 Å². The number of carbonyl (C=O) groups is 1. The van der Waals surface area contributed by atoms with Crippen molar-refractivity contribution in [2.24, 2.45) is 0 Å². The average Bonchev–Trinajstić information content (AvgIpc) is 3.09. The third-order valence-electron chi connectivity index (χ3n) is 5.54. The Hall–Kier alpha value is -3.77. The van der Waals surface area contributed by atoms with Crippen molar-refractivity contribution >= 4 is 11.5 Å². The van der Waals surface area contributed by atoms with Gasteiger partial charge in [-0.15, -0.1) is 0 Å². The van der Waals surface area contributed by atoms with Crippen LogP contribution in [0.5, 0.6) is 17.2 Å².